The Morgan fingerprint density at radius 3 is 2.74 bits per heavy atom. The third-order valence-corrected chi connectivity index (χ3v) is 5.00. The molecule has 0 unspecified atom stereocenters. The highest BCUT2D eigenvalue weighted by Gasteiger charge is 2.16. The number of nitrogens with zero attached hydrogens (tertiary/aromatic N) is 3. The molecule has 0 radical (unpaired) electrons. The van der Waals surface area contributed by atoms with Gasteiger partial charge in [0.1, 0.15) is 12.0 Å². The summed E-state index contributed by atoms with van der Waals surface area (Å²) in [4.78, 5) is 11.6. The van der Waals surface area contributed by atoms with Gasteiger partial charge in [0, 0.05) is 18.7 Å². The number of aliphatic imine (C=N–C) groups is 1. The molecule has 146 valence electrons. The van der Waals surface area contributed by atoms with Crippen LogP contribution in [0.15, 0.2) is 46.0 Å². The van der Waals surface area contributed by atoms with Crippen molar-refractivity contribution < 1.29 is 4.42 Å². The summed E-state index contributed by atoms with van der Waals surface area (Å²) < 4.78 is 5.59. The molecule has 1 aliphatic heterocycles. The highest BCUT2D eigenvalue weighted by atomic mass is 16.3. The molecule has 1 saturated heterocycles. The fourth-order valence-electron chi connectivity index (χ4n) is 3.34. The molecule has 1 aromatic carbocycles. The van der Waals surface area contributed by atoms with Crippen molar-refractivity contribution in [3.05, 3.63) is 42.3 Å². The Hall–Kier alpha value is -2.34. The molecule has 6 nitrogen and oxygen atoms in total. The lowest BCUT2D eigenvalue weighted by Crippen LogP contribution is -2.39. The van der Waals surface area contributed by atoms with E-state index in [0.29, 0.717) is 12.4 Å². The molecule has 0 aliphatic carbocycles. The molecule has 0 bridgehead atoms. The van der Waals surface area contributed by atoms with Crippen LogP contribution in [0.4, 0.5) is 0 Å². The van der Waals surface area contributed by atoms with Crippen molar-refractivity contribution in [1.29, 1.82) is 0 Å². The minimum absolute atomic E-state index is 0.500. The third kappa shape index (κ3) is 6.10. The van der Waals surface area contributed by atoms with Crippen LogP contribution in [0.1, 0.15) is 31.9 Å². The highest BCUT2D eigenvalue weighted by molar-refractivity contribution is 5.79. The van der Waals surface area contributed by atoms with Crippen molar-refractivity contribution in [3.63, 3.8) is 0 Å². The van der Waals surface area contributed by atoms with Crippen LogP contribution in [0.5, 0.6) is 0 Å². The zero-order chi connectivity index (χ0) is 18.9. The summed E-state index contributed by atoms with van der Waals surface area (Å²) in [5, 5.41) is 6.76. The van der Waals surface area contributed by atoms with Crippen molar-refractivity contribution >= 4 is 5.96 Å². The Balaban J connectivity index is 1.49. The van der Waals surface area contributed by atoms with Gasteiger partial charge < -0.3 is 20.0 Å². The minimum atomic E-state index is 0.500. The van der Waals surface area contributed by atoms with Gasteiger partial charge in [-0.2, -0.15) is 0 Å². The van der Waals surface area contributed by atoms with Gasteiger partial charge in [0.05, 0.1) is 6.54 Å². The van der Waals surface area contributed by atoms with Gasteiger partial charge in [0.15, 0.2) is 5.96 Å². The van der Waals surface area contributed by atoms with Crippen molar-refractivity contribution in [2.24, 2.45) is 10.9 Å². The van der Waals surface area contributed by atoms with E-state index in [1.807, 2.05) is 30.3 Å². The molecule has 0 atom stereocenters. The van der Waals surface area contributed by atoms with Gasteiger partial charge in [-0.1, -0.05) is 18.2 Å². The molecule has 2 heterocycles. The van der Waals surface area contributed by atoms with E-state index in [1.54, 1.807) is 6.26 Å². The average Bonchev–Trinajstić information content (AvgIpc) is 3.17. The van der Waals surface area contributed by atoms with Crippen LogP contribution in [0.2, 0.25) is 0 Å². The zero-order valence-electron chi connectivity index (χ0n) is 16.4. The van der Waals surface area contributed by atoms with Crippen molar-refractivity contribution in [2.75, 3.05) is 33.2 Å². The fraction of sp³-hybridized carbons (Fsp3) is 0.524. The number of oxazole rings is 1. The van der Waals surface area contributed by atoms with Crippen LogP contribution in [-0.2, 0) is 6.54 Å². The monoisotopic (exact) mass is 369 g/mol. The highest BCUT2D eigenvalue weighted by Crippen LogP contribution is 2.19. The van der Waals surface area contributed by atoms with Gasteiger partial charge in [-0.25, -0.2) is 9.98 Å². The van der Waals surface area contributed by atoms with Gasteiger partial charge >= 0.3 is 0 Å². The quantitative estimate of drug-likeness (QED) is 0.580. The standard InChI is InChI=1S/C21H31N5O/c1-3-22-21(23-12-9-17-10-13-26(2)14-11-17)24-15-19-16-27-20(25-19)18-7-5-4-6-8-18/h4-8,16-17H,3,9-15H2,1-2H3,(H2,22,23,24). The van der Waals surface area contributed by atoms with Crippen LogP contribution in [0, 0.1) is 5.92 Å². The Kier molecular flexibility index (Phi) is 7.27. The Morgan fingerprint density at radius 1 is 1.22 bits per heavy atom. The first-order valence-corrected chi connectivity index (χ1v) is 9.95. The summed E-state index contributed by atoms with van der Waals surface area (Å²) in [6.07, 6.45) is 5.48. The molecule has 27 heavy (non-hydrogen) atoms. The first kappa shape index (κ1) is 19.4. The van der Waals surface area contributed by atoms with Crippen molar-refractivity contribution in [1.82, 2.24) is 20.5 Å². The maximum atomic E-state index is 5.59. The van der Waals surface area contributed by atoms with Crippen LogP contribution < -0.4 is 10.6 Å². The van der Waals surface area contributed by atoms with Crippen molar-refractivity contribution in [2.45, 2.75) is 32.7 Å². The van der Waals surface area contributed by atoms with E-state index in [0.717, 1.165) is 36.2 Å². The van der Waals surface area contributed by atoms with Gasteiger partial charge in [0.25, 0.3) is 0 Å². The number of likely N-dealkylation sites (tertiary alicyclic amines) is 1. The Morgan fingerprint density at radius 2 is 2.00 bits per heavy atom. The number of benzene rings is 1. The van der Waals surface area contributed by atoms with Crippen LogP contribution in [-0.4, -0.2) is 49.1 Å². The second-order valence-electron chi connectivity index (χ2n) is 7.17. The average molecular weight is 370 g/mol. The second-order valence-corrected chi connectivity index (χ2v) is 7.17. The third-order valence-electron chi connectivity index (χ3n) is 5.00. The molecule has 0 saturated carbocycles. The predicted octanol–water partition coefficient (Wildman–Crippen LogP) is 3.13. The van der Waals surface area contributed by atoms with Crippen LogP contribution in [0.3, 0.4) is 0 Å². The molecule has 0 spiro atoms. The fourth-order valence-corrected chi connectivity index (χ4v) is 3.34. The predicted molar refractivity (Wildman–Crippen MR) is 110 cm³/mol. The summed E-state index contributed by atoms with van der Waals surface area (Å²) in [6.45, 7) is 6.81. The molecule has 2 aromatic rings. The molecule has 1 fully saturated rings. The molecular formula is C21H31N5O. The van der Waals surface area contributed by atoms with Crippen molar-refractivity contribution in [3.8, 4) is 11.5 Å². The lowest BCUT2D eigenvalue weighted by molar-refractivity contribution is 0.213. The van der Waals surface area contributed by atoms with E-state index in [2.05, 4.69) is 39.5 Å². The number of rotatable bonds is 7. The zero-order valence-corrected chi connectivity index (χ0v) is 16.4. The summed E-state index contributed by atoms with van der Waals surface area (Å²) in [5.74, 6) is 2.30. The Bertz CT molecular complexity index is 704. The van der Waals surface area contributed by atoms with Gasteiger partial charge in [-0.15, -0.1) is 0 Å². The lowest BCUT2D eigenvalue weighted by Gasteiger charge is -2.29. The maximum Gasteiger partial charge on any atom is 0.226 e. The largest absolute Gasteiger partial charge is 0.444 e. The van der Waals surface area contributed by atoms with E-state index in [1.165, 1.54) is 32.4 Å². The number of nitrogens with one attached hydrogen (secondary N) is 2. The van der Waals surface area contributed by atoms with Gasteiger partial charge in [-0.05, 0) is 64.4 Å². The summed E-state index contributed by atoms with van der Waals surface area (Å²) in [7, 11) is 2.21. The van der Waals surface area contributed by atoms with E-state index >= 15 is 0 Å². The van der Waals surface area contributed by atoms with E-state index in [-0.39, 0.29) is 0 Å². The molecule has 6 heteroatoms. The number of aromatic nitrogens is 1. The molecule has 0 amide bonds. The number of hydrogen-bond donors (Lipinski definition) is 2. The second kappa shape index (κ2) is 10.1. The molecule has 1 aromatic heterocycles. The maximum absolute atomic E-state index is 5.59. The topological polar surface area (TPSA) is 65.7 Å². The lowest BCUT2D eigenvalue weighted by atomic mass is 9.94. The summed E-state index contributed by atoms with van der Waals surface area (Å²) >= 11 is 0. The smallest absolute Gasteiger partial charge is 0.226 e. The van der Waals surface area contributed by atoms with Gasteiger partial charge in [0.2, 0.25) is 5.89 Å². The minimum Gasteiger partial charge on any atom is -0.444 e. The SMILES string of the molecule is CCNC(=NCc1coc(-c2ccccc2)n1)NCCC1CCN(C)CC1. The van der Waals surface area contributed by atoms with Gasteiger partial charge in [-0.3, -0.25) is 0 Å². The van der Waals surface area contributed by atoms with E-state index in [4.69, 9.17) is 4.42 Å². The molecule has 2 N–H and O–H groups in total. The first-order valence-electron chi connectivity index (χ1n) is 9.95. The summed E-state index contributed by atoms with van der Waals surface area (Å²) in [5.41, 5.74) is 1.82. The van der Waals surface area contributed by atoms with Crippen LogP contribution in [0.25, 0.3) is 11.5 Å². The number of guanidine groups is 1. The van der Waals surface area contributed by atoms with E-state index < -0.39 is 0 Å². The molecular weight excluding hydrogens is 338 g/mol. The Labute approximate surface area is 162 Å². The normalized spacial score (nSPS) is 16.4. The number of piperidine rings is 1. The summed E-state index contributed by atoms with van der Waals surface area (Å²) in [6, 6.07) is 9.93. The first-order chi connectivity index (χ1) is 13.2. The molecule has 3 rings (SSSR count). The number of hydrogen-bond acceptors (Lipinski definition) is 4. The van der Waals surface area contributed by atoms with Crippen LogP contribution >= 0.6 is 0 Å². The van der Waals surface area contributed by atoms with E-state index in [9.17, 15) is 0 Å². The molecule has 1 aliphatic rings.